The van der Waals surface area contributed by atoms with E-state index in [1.54, 1.807) is 6.07 Å². The number of alkyl halides is 3. The first kappa shape index (κ1) is 26.0. The third-order valence-electron chi connectivity index (χ3n) is 7.71. The van der Waals surface area contributed by atoms with Crippen molar-refractivity contribution < 1.29 is 36.2 Å². The summed E-state index contributed by atoms with van der Waals surface area (Å²) in [6, 6.07) is 5.36. The van der Waals surface area contributed by atoms with E-state index < -0.39 is 40.7 Å². The lowest BCUT2D eigenvalue weighted by Crippen LogP contribution is -2.47. The maximum absolute atomic E-state index is 15.3. The average molecular weight is 501 g/mol. The second-order valence-electron chi connectivity index (χ2n) is 9.95. The summed E-state index contributed by atoms with van der Waals surface area (Å²) in [7, 11) is 0. The second kappa shape index (κ2) is 10.1. The fraction of sp³-hybridized carbons (Fsp3) is 0.556. The molecule has 2 atom stereocenters. The van der Waals surface area contributed by atoms with E-state index in [9.17, 15) is 27.1 Å². The van der Waals surface area contributed by atoms with Gasteiger partial charge in [-0.15, -0.1) is 0 Å². The molecule has 1 aliphatic carbocycles. The molecule has 1 heterocycles. The molecular weight excluding hydrogens is 470 g/mol. The lowest BCUT2D eigenvalue weighted by molar-refractivity contribution is -0.142. The zero-order chi connectivity index (χ0) is 25.4. The maximum Gasteiger partial charge on any atom is 0.422 e. The van der Waals surface area contributed by atoms with Crippen molar-refractivity contribution in [2.45, 2.75) is 82.1 Å². The molecule has 1 N–H and O–H groups in total. The van der Waals surface area contributed by atoms with E-state index in [0.717, 1.165) is 25.7 Å². The number of hydrogen-bond donors (Lipinski definition) is 1. The van der Waals surface area contributed by atoms with Crippen LogP contribution in [0.4, 0.5) is 26.3 Å². The molecule has 2 aromatic carbocycles. The summed E-state index contributed by atoms with van der Waals surface area (Å²) < 4.78 is 88.5. The van der Waals surface area contributed by atoms with Crippen molar-refractivity contribution in [1.29, 1.82) is 0 Å². The molecular formula is C27H30F6O2. The van der Waals surface area contributed by atoms with Crippen molar-refractivity contribution in [2.75, 3.05) is 6.61 Å². The molecule has 192 valence electrons. The van der Waals surface area contributed by atoms with Crippen molar-refractivity contribution >= 4 is 0 Å². The third-order valence-corrected chi connectivity index (χ3v) is 7.71. The van der Waals surface area contributed by atoms with Crippen LogP contribution in [0.1, 0.15) is 69.4 Å². The van der Waals surface area contributed by atoms with Crippen LogP contribution in [-0.2, 0) is 16.3 Å². The molecule has 0 spiro atoms. The van der Waals surface area contributed by atoms with Gasteiger partial charge in [-0.1, -0.05) is 25.5 Å². The number of ether oxygens (including phenoxy) is 1. The molecule has 1 aliphatic heterocycles. The Hall–Kier alpha value is -2.06. The zero-order valence-corrected chi connectivity index (χ0v) is 19.6. The molecule has 35 heavy (non-hydrogen) atoms. The van der Waals surface area contributed by atoms with Gasteiger partial charge in [0.1, 0.15) is 23.0 Å². The molecule has 2 fully saturated rings. The molecule has 0 amide bonds. The summed E-state index contributed by atoms with van der Waals surface area (Å²) in [5.74, 6) is -3.85. The van der Waals surface area contributed by atoms with Crippen LogP contribution in [0.3, 0.4) is 0 Å². The minimum absolute atomic E-state index is 0.144. The Morgan fingerprint density at radius 1 is 0.943 bits per heavy atom. The fourth-order valence-corrected chi connectivity index (χ4v) is 5.85. The van der Waals surface area contributed by atoms with Crippen LogP contribution < -0.4 is 0 Å². The number of hydrogen-bond acceptors (Lipinski definition) is 2. The predicted octanol–water partition coefficient (Wildman–Crippen LogP) is 7.56. The Morgan fingerprint density at radius 3 is 2.11 bits per heavy atom. The first-order chi connectivity index (χ1) is 16.5. The normalized spacial score (nSPS) is 27.7. The Kier molecular flexibility index (Phi) is 7.53. The second-order valence-corrected chi connectivity index (χ2v) is 9.95. The van der Waals surface area contributed by atoms with Crippen molar-refractivity contribution in [3.8, 4) is 11.1 Å². The van der Waals surface area contributed by atoms with Crippen LogP contribution in [0.2, 0.25) is 0 Å². The molecule has 2 unspecified atom stereocenters. The Balaban J connectivity index is 1.67. The molecule has 0 bridgehead atoms. The first-order valence-corrected chi connectivity index (χ1v) is 12.2. The molecule has 1 saturated heterocycles. The molecule has 2 aliphatic rings. The number of halogens is 6. The maximum atomic E-state index is 15.3. The van der Waals surface area contributed by atoms with Crippen molar-refractivity contribution in [3.05, 3.63) is 58.9 Å². The minimum Gasteiger partial charge on any atom is -0.393 e. The number of rotatable bonds is 5. The van der Waals surface area contributed by atoms with E-state index in [1.165, 1.54) is 12.1 Å². The van der Waals surface area contributed by atoms with Gasteiger partial charge < -0.3 is 9.84 Å². The van der Waals surface area contributed by atoms with Gasteiger partial charge >= 0.3 is 6.18 Å². The highest BCUT2D eigenvalue weighted by atomic mass is 19.4. The summed E-state index contributed by atoms with van der Waals surface area (Å²) in [6.07, 6.45) is 0.551. The van der Waals surface area contributed by atoms with Gasteiger partial charge in [-0.2, -0.15) is 13.2 Å². The van der Waals surface area contributed by atoms with Gasteiger partial charge in [-0.05, 0) is 80.2 Å². The van der Waals surface area contributed by atoms with E-state index in [4.69, 9.17) is 4.74 Å². The Morgan fingerprint density at radius 2 is 1.60 bits per heavy atom. The summed E-state index contributed by atoms with van der Waals surface area (Å²) >= 11 is 0. The predicted molar refractivity (Wildman–Crippen MR) is 120 cm³/mol. The van der Waals surface area contributed by atoms with Crippen LogP contribution >= 0.6 is 0 Å². The van der Waals surface area contributed by atoms with Gasteiger partial charge in [0.25, 0.3) is 0 Å². The zero-order valence-electron chi connectivity index (χ0n) is 19.6. The highest BCUT2D eigenvalue weighted by molar-refractivity contribution is 5.65. The SMILES string of the molecule is CCCC1CCC(C2(c3ccc(-c4cc(F)c(C(F)(F)F)c(F)c4)c(F)c3)CCC(O)CC2)OC1. The topological polar surface area (TPSA) is 29.5 Å². The standard InChI is InChI=1S/C27H30F6O2/c1-2-3-16-4-7-24(35-15-16)26(10-8-19(34)9-11-26)18-5-6-20(21(28)14-18)17-12-22(29)25(23(30)13-17)27(31,32)33/h5-6,12-14,16,19,24,34H,2-4,7-11,15H2,1H3. The van der Waals surface area contributed by atoms with Gasteiger partial charge in [-0.25, -0.2) is 13.2 Å². The molecule has 8 heteroatoms. The Labute approximate surface area is 201 Å². The number of benzene rings is 2. The first-order valence-electron chi connectivity index (χ1n) is 12.2. The highest BCUT2D eigenvalue weighted by Gasteiger charge is 2.45. The fourth-order valence-electron chi connectivity index (χ4n) is 5.85. The van der Waals surface area contributed by atoms with E-state index in [-0.39, 0.29) is 17.2 Å². The van der Waals surface area contributed by atoms with Crippen LogP contribution in [0.5, 0.6) is 0 Å². The van der Waals surface area contributed by atoms with Crippen LogP contribution in [0.15, 0.2) is 30.3 Å². The number of aliphatic hydroxyl groups is 1. The van der Waals surface area contributed by atoms with E-state index in [2.05, 4.69) is 6.92 Å². The number of aliphatic hydroxyl groups excluding tert-OH is 1. The summed E-state index contributed by atoms with van der Waals surface area (Å²) in [5, 5.41) is 10.1. The van der Waals surface area contributed by atoms with Gasteiger partial charge in [0.2, 0.25) is 0 Å². The molecule has 2 aromatic rings. The molecule has 4 rings (SSSR count). The van der Waals surface area contributed by atoms with Crippen molar-refractivity contribution in [2.24, 2.45) is 5.92 Å². The summed E-state index contributed by atoms with van der Waals surface area (Å²) in [6.45, 7) is 2.77. The summed E-state index contributed by atoms with van der Waals surface area (Å²) in [4.78, 5) is 0. The highest BCUT2D eigenvalue weighted by Crippen LogP contribution is 2.47. The van der Waals surface area contributed by atoms with Crippen molar-refractivity contribution in [1.82, 2.24) is 0 Å². The molecule has 0 radical (unpaired) electrons. The summed E-state index contributed by atoms with van der Waals surface area (Å²) in [5.41, 5.74) is -2.31. The smallest absolute Gasteiger partial charge is 0.393 e. The lowest BCUT2D eigenvalue weighted by Gasteiger charge is -2.47. The Bertz CT molecular complexity index is 1010. The minimum atomic E-state index is -5.19. The van der Waals surface area contributed by atoms with E-state index in [0.29, 0.717) is 55.9 Å². The van der Waals surface area contributed by atoms with Crippen LogP contribution in [0.25, 0.3) is 11.1 Å². The van der Waals surface area contributed by atoms with Gasteiger partial charge in [-0.3, -0.25) is 0 Å². The van der Waals surface area contributed by atoms with Gasteiger partial charge in [0, 0.05) is 17.6 Å². The average Bonchev–Trinajstić information content (AvgIpc) is 2.79. The van der Waals surface area contributed by atoms with Gasteiger partial charge in [0.05, 0.1) is 12.2 Å². The largest absolute Gasteiger partial charge is 0.422 e. The van der Waals surface area contributed by atoms with Crippen molar-refractivity contribution in [3.63, 3.8) is 0 Å². The molecule has 0 aromatic heterocycles. The van der Waals surface area contributed by atoms with Gasteiger partial charge in [0.15, 0.2) is 0 Å². The molecule has 1 saturated carbocycles. The van der Waals surface area contributed by atoms with E-state index in [1.807, 2.05) is 0 Å². The van der Waals surface area contributed by atoms with E-state index >= 15 is 4.39 Å². The monoisotopic (exact) mass is 500 g/mol. The van der Waals surface area contributed by atoms with Crippen LogP contribution in [0, 0.1) is 23.4 Å². The van der Waals surface area contributed by atoms with Crippen LogP contribution in [-0.4, -0.2) is 23.9 Å². The lowest BCUT2D eigenvalue weighted by atomic mass is 9.63. The molecule has 2 nitrogen and oxygen atoms in total. The quantitative estimate of drug-likeness (QED) is 0.430. The third kappa shape index (κ3) is 5.24.